The van der Waals surface area contributed by atoms with Gasteiger partial charge in [-0.2, -0.15) is 0 Å². The zero-order valence-corrected chi connectivity index (χ0v) is 24.9. The molecule has 0 unspecified atom stereocenters. The van der Waals surface area contributed by atoms with E-state index in [1.165, 1.54) is 33.0 Å². The summed E-state index contributed by atoms with van der Waals surface area (Å²) in [6, 6.07) is 44.7. The number of fused-ring (bicyclic) bond motifs is 10. The Labute approximate surface area is 259 Å². The molecule has 0 aliphatic heterocycles. The molecule has 0 atom stereocenters. The van der Waals surface area contributed by atoms with Gasteiger partial charge in [-0.05, 0) is 69.8 Å². The standard InChI is InChI=1S/C41H27N3O/c1-41(2)33-16-8-5-12-26(33)31-21-24(19-20-34(31)41)43-38-23-30-25-11-3-4-15-29(25)39(45)32(30)22-35(38)42-40(43)44-36-17-9-6-13-27(36)28-14-7-10-18-37(28)44/h3-23H,1-2H3. The molecule has 0 amide bonds. The van der Waals surface area contributed by atoms with Crippen LogP contribution < -0.4 is 0 Å². The summed E-state index contributed by atoms with van der Waals surface area (Å²) >= 11 is 0. The third-order valence-corrected chi connectivity index (χ3v) is 10.1. The van der Waals surface area contributed by atoms with E-state index in [-0.39, 0.29) is 11.2 Å². The molecule has 10 rings (SSSR count). The zero-order chi connectivity index (χ0) is 30.0. The Kier molecular flexibility index (Phi) is 4.64. The van der Waals surface area contributed by atoms with Crippen molar-refractivity contribution < 1.29 is 4.79 Å². The van der Waals surface area contributed by atoms with Crippen molar-refractivity contribution in [2.75, 3.05) is 0 Å². The molecule has 0 saturated heterocycles. The SMILES string of the molecule is CC1(C)c2ccccc2-c2cc(-n3c(-n4c5ccccc5c5ccccc54)nc4cc5c(cc43)-c3ccccc3C5=O)ccc21. The Balaban J connectivity index is 1.33. The molecule has 45 heavy (non-hydrogen) atoms. The number of ketones is 1. The predicted octanol–water partition coefficient (Wildman–Crippen LogP) is 9.64. The Morgan fingerprint density at radius 2 is 1.13 bits per heavy atom. The molecular formula is C41H27N3O. The summed E-state index contributed by atoms with van der Waals surface area (Å²) in [6.07, 6.45) is 0. The average Bonchev–Trinajstić information content (AvgIpc) is 3.76. The number of imidazole rings is 1. The second-order valence-corrected chi connectivity index (χ2v) is 12.8. The molecule has 0 fully saturated rings. The fourth-order valence-corrected chi connectivity index (χ4v) is 7.97. The number of carbonyl (C=O) groups excluding carboxylic acids is 1. The zero-order valence-electron chi connectivity index (χ0n) is 24.9. The van der Waals surface area contributed by atoms with Gasteiger partial charge in [0, 0.05) is 33.0 Å². The minimum absolute atomic E-state index is 0.0619. The molecule has 0 radical (unpaired) electrons. The van der Waals surface area contributed by atoms with Crippen molar-refractivity contribution in [2.45, 2.75) is 19.3 Å². The number of aromatic nitrogens is 3. The largest absolute Gasteiger partial charge is 0.289 e. The summed E-state index contributed by atoms with van der Waals surface area (Å²) in [5.74, 6) is 0.865. The first-order valence-electron chi connectivity index (χ1n) is 15.4. The minimum Gasteiger partial charge on any atom is -0.289 e. The number of carbonyl (C=O) groups is 1. The maximum Gasteiger partial charge on any atom is 0.220 e. The van der Waals surface area contributed by atoms with E-state index in [1.54, 1.807) is 0 Å². The number of rotatable bonds is 2. The minimum atomic E-state index is -0.0813. The monoisotopic (exact) mass is 577 g/mol. The molecule has 2 aromatic heterocycles. The van der Waals surface area contributed by atoms with Gasteiger partial charge in [-0.15, -0.1) is 0 Å². The number of hydrogen-bond acceptors (Lipinski definition) is 2. The van der Waals surface area contributed by atoms with Crippen LogP contribution in [0.3, 0.4) is 0 Å². The van der Waals surface area contributed by atoms with Crippen LogP contribution in [0.1, 0.15) is 40.9 Å². The Hall–Kier alpha value is -5.74. The lowest BCUT2D eigenvalue weighted by atomic mass is 9.82. The van der Waals surface area contributed by atoms with Crippen molar-refractivity contribution >= 4 is 38.6 Å². The van der Waals surface area contributed by atoms with E-state index in [9.17, 15) is 4.79 Å². The molecule has 0 spiro atoms. The molecular weight excluding hydrogens is 550 g/mol. The lowest BCUT2D eigenvalue weighted by molar-refractivity contribution is 0.104. The summed E-state index contributed by atoms with van der Waals surface area (Å²) in [7, 11) is 0. The van der Waals surface area contributed by atoms with Crippen LogP contribution in [-0.4, -0.2) is 19.9 Å². The van der Waals surface area contributed by atoms with E-state index in [0.29, 0.717) is 5.56 Å². The van der Waals surface area contributed by atoms with Crippen LogP contribution in [0.25, 0.3) is 66.7 Å². The number of para-hydroxylation sites is 2. The molecule has 2 heterocycles. The Bertz CT molecular complexity index is 2540. The summed E-state index contributed by atoms with van der Waals surface area (Å²) < 4.78 is 4.56. The van der Waals surface area contributed by atoms with Crippen molar-refractivity contribution in [3.05, 3.63) is 150 Å². The van der Waals surface area contributed by atoms with Gasteiger partial charge in [-0.1, -0.05) is 105 Å². The van der Waals surface area contributed by atoms with Crippen LogP contribution in [0.4, 0.5) is 0 Å². The third-order valence-electron chi connectivity index (χ3n) is 10.1. The van der Waals surface area contributed by atoms with E-state index in [1.807, 2.05) is 30.3 Å². The first kappa shape index (κ1) is 24.7. The van der Waals surface area contributed by atoms with Gasteiger partial charge in [0.1, 0.15) is 0 Å². The first-order chi connectivity index (χ1) is 22.0. The van der Waals surface area contributed by atoms with Gasteiger partial charge < -0.3 is 0 Å². The quantitative estimate of drug-likeness (QED) is 0.205. The highest BCUT2D eigenvalue weighted by Gasteiger charge is 2.36. The Morgan fingerprint density at radius 1 is 0.511 bits per heavy atom. The predicted molar refractivity (Wildman–Crippen MR) is 182 cm³/mol. The van der Waals surface area contributed by atoms with Gasteiger partial charge in [-0.25, -0.2) is 4.98 Å². The fourth-order valence-electron chi connectivity index (χ4n) is 7.97. The molecule has 0 N–H and O–H groups in total. The van der Waals surface area contributed by atoms with Gasteiger partial charge in [0.25, 0.3) is 0 Å². The van der Waals surface area contributed by atoms with E-state index >= 15 is 0 Å². The molecule has 8 aromatic rings. The topological polar surface area (TPSA) is 39.8 Å². The normalized spacial score (nSPS) is 14.2. The molecule has 0 saturated carbocycles. The summed E-state index contributed by atoms with van der Waals surface area (Å²) in [4.78, 5) is 18.9. The van der Waals surface area contributed by atoms with Crippen LogP contribution in [-0.2, 0) is 5.41 Å². The number of hydrogen-bond donors (Lipinski definition) is 0. The summed E-state index contributed by atoms with van der Waals surface area (Å²) in [6.45, 7) is 4.62. The molecule has 0 bridgehead atoms. The highest BCUT2D eigenvalue weighted by molar-refractivity contribution is 6.23. The van der Waals surface area contributed by atoms with E-state index in [2.05, 4.69) is 120 Å². The number of nitrogens with zero attached hydrogens (tertiary/aromatic N) is 3. The van der Waals surface area contributed by atoms with Gasteiger partial charge >= 0.3 is 0 Å². The molecule has 212 valence electrons. The highest BCUT2D eigenvalue weighted by Crippen LogP contribution is 2.49. The smallest absolute Gasteiger partial charge is 0.220 e. The first-order valence-corrected chi connectivity index (χ1v) is 15.4. The lowest BCUT2D eigenvalue weighted by Gasteiger charge is -2.21. The molecule has 4 nitrogen and oxygen atoms in total. The van der Waals surface area contributed by atoms with Crippen LogP contribution >= 0.6 is 0 Å². The highest BCUT2D eigenvalue weighted by atomic mass is 16.1. The second kappa shape index (κ2) is 8.46. The van der Waals surface area contributed by atoms with Crippen molar-refractivity contribution in [3.8, 4) is 33.9 Å². The van der Waals surface area contributed by atoms with Crippen LogP contribution in [0, 0.1) is 0 Å². The van der Waals surface area contributed by atoms with Crippen LogP contribution in [0.5, 0.6) is 0 Å². The molecule has 2 aliphatic rings. The van der Waals surface area contributed by atoms with Crippen molar-refractivity contribution in [2.24, 2.45) is 0 Å². The second-order valence-electron chi connectivity index (χ2n) is 12.8. The maximum atomic E-state index is 13.5. The number of benzene rings is 6. The third kappa shape index (κ3) is 3.11. The lowest BCUT2D eigenvalue weighted by Crippen LogP contribution is -2.15. The molecule has 4 heteroatoms. The van der Waals surface area contributed by atoms with Crippen molar-refractivity contribution in [1.29, 1.82) is 0 Å². The van der Waals surface area contributed by atoms with E-state index < -0.39 is 0 Å². The average molecular weight is 578 g/mol. The Morgan fingerprint density at radius 3 is 1.89 bits per heavy atom. The molecule has 6 aromatic carbocycles. The van der Waals surface area contributed by atoms with E-state index in [4.69, 9.17) is 4.98 Å². The summed E-state index contributed by atoms with van der Waals surface area (Å²) in [5.41, 5.74) is 13.5. The van der Waals surface area contributed by atoms with Crippen molar-refractivity contribution in [3.63, 3.8) is 0 Å². The van der Waals surface area contributed by atoms with E-state index in [0.717, 1.165) is 50.4 Å². The van der Waals surface area contributed by atoms with Gasteiger partial charge in [-0.3, -0.25) is 13.9 Å². The van der Waals surface area contributed by atoms with Gasteiger partial charge in [0.2, 0.25) is 5.95 Å². The van der Waals surface area contributed by atoms with Crippen LogP contribution in [0.15, 0.2) is 127 Å². The van der Waals surface area contributed by atoms with Gasteiger partial charge in [0.05, 0.1) is 22.1 Å². The fraction of sp³-hybridized carbons (Fsp3) is 0.0732. The summed E-state index contributed by atoms with van der Waals surface area (Å²) in [5, 5.41) is 2.37. The van der Waals surface area contributed by atoms with Crippen molar-refractivity contribution in [1.82, 2.24) is 14.1 Å². The van der Waals surface area contributed by atoms with Gasteiger partial charge in [0.15, 0.2) is 5.78 Å². The van der Waals surface area contributed by atoms with Crippen LogP contribution in [0.2, 0.25) is 0 Å². The maximum absolute atomic E-state index is 13.5. The molecule has 2 aliphatic carbocycles.